The van der Waals surface area contributed by atoms with Crippen molar-refractivity contribution in [2.24, 2.45) is 0 Å². The second kappa shape index (κ2) is 5.53. The molecule has 0 aliphatic rings. The molecule has 0 bridgehead atoms. The molecule has 0 aromatic heterocycles. The first-order valence-electron chi connectivity index (χ1n) is 4.74. The Morgan fingerprint density at radius 3 is 2.41 bits per heavy atom. The predicted octanol–water partition coefficient (Wildman–Crippen LogP) is 1.73. The SMILES string of the molecule is O=C(NCC(O)C(F)(F)F)Nc1ccccc1. The minimum Gasteiger partial charge on any atom is -0.382 e. The number of nitrogens with one attached hydrogen (secondary N) is 2. The fourth-order valence-electron chi connectivity index (χ4n) is 1.00. The van der Waals surface area contributed by atoms with Gasteiger partial charge in [-0.1, -0.05) is 18.2 Å². The summed E-state index contributed by atoms with van der Waals surface area (Å²) in [6.07, 6.45) is -7.30. The number of carbonyl (C=O) groups excluding carboxylic acids is 1. The number of hydrogen-bond acceptors (Lipinski definition) is 2. The van der Waals surface area contributed by atoms with Gasteiger partial charge >= 0.3 is 12.2 Å². The Kier molecular flexibility index (Phi) is 4.33. The summed E-state index contributed by atoms with van der Waals surface area (Å²) in [6.45, 7) is -0.887. The number of amides is 2. The van der Waals surface area contributed by atoms with E-state index in [0.717, 1.165) is 0 Å². The molecule has 7 heteroatoms. The van der Waals surface area contributed by atoms with Crippen LogP contribution in [0.25, 0.3) is 0 Å². The number of benzene rings is 1. The second-order valence-electron chi connectivity index (χ2n) is 3.26. The van der Waals surface area contributed by atoms with Gasteiger partial charge in [-0.3, -0.25) is 0 Å². The van der Waals surface area contributed by atoms with Gasteiger partial charge in [0.1, 0.15) is 0 Å². The average Bonchev–Trinajstić information content (AvgIpc) is 2.26. The number of anilines is 1. The minimum absolute atomic E-state index is 0.450. The lowest BCUT2D eigenvalue weighted by molar-refractivity contribution is -0.201. The van der Waals surface area contributed by atoms with Crippen molar-refractivity contribution in [3.8, 4) is 0 Å². The monoisotopic (exact) mass is 248 g/mol. The first-order chi connectivity index (χ1) is 7.89. The molecule has 1 aromatic carbocycles. The van der Waals surface area contributed by atoms with E-state index in [4.69, 9.17) is 5.11 Å². The van der Waals surface area contributed by atoms with E-state index in [1.807, 2.05) is 5.32 Å². The molecule has 0 aliphatic heterocycles. The molecule has 0 heterocycles. The van der Waals surface area contributed by atoms with Crippen LogP contribution < -0.4 is 10.6 Å². The van der Waals surface area contributed by atoms with Crippen molar-refractivity contribution < 1.29 is 23.1 Å². The Hall–Kier alpha value is -1.76. The van der Waals surface area contributed by atoms with Crippen LogP contribution in [0.4, 0.5) is 23.7 Å². The largest absolute Gasteiger partial charge is 0.416 e. The van der Waals surface area contributed by atoms with E-state index in [9.17, 15) is 18.0 Å². The summed E-state index contributed by atoms with van der Waals surface area (Å²) >= 11 is 0. The molecule has 0 fully saturated rings. The first kappa shape index (κ1) is 13.3. The van der Waals surface area contributed by atoms with Crippen molar-refractivity contribution >= 4 is 11.7 Å². The summed E-state index contributed by atoms with van der Waals surface area (Å²) in [6, 6.07) is 7.43. The molecular weight excluding hydrogens is 237 g/mol. The van der Waals surface area contributed by atoms with Crippen molar-refractivity contribution in [3.63, 3.8) is 0 Å². The highest BCUT2D eigenvalue weighted by Gasteiger charge is 2.38. The van der Waals surface area contributed by atoms with E-state index >= 15 is 0 Å². The maximum Gasteiger partial charge on any atom is 0.416 e. The Morgan fingerprint density at radius 1 is 1.29 bits per heavy atom. The minimum atomic E-state index is -4.74. The van der Waals surface area contributed by atoms with Crippen LogP contribution in [0, 0.1) is 0 Å². The van der Waals surface area contributed by atoms with Crippen molar-refractivity contribution in [2.75, 3.05) is 11.9 Å². The topological polar surface area (TPSA) is 61.4 Å². The van der Waals surface area contributed by atoms with E-state index in [2.05, 4.69) is 5.32 Å². The Labute approximate surface area is 95.4 Å². The first-order valence-corrected chi connectivity index (χ1v) is 4.74. The molecule has 94 valence electrons. The van der Waals surface area contributed by atoms with Gasteiger partial charge in [0.15, 0.2) is 6.10 Å². The molecule has 0 radical (unpaired) electrons. The molecule has 0 saturated carbocycles. The third-order valence-electron chi connectivity index (χ3n) is 1.87. The molecule has 1 atom stereocenters. The fourth-order valence-corrected chi connectivity index (χ4v) is 1.00. The number of rotatable bonds is 3. The zero-order valence-electron chi connectivity index (χ0n) is 8.66. The number of aliphatic hydroxyl groups is 1. The maximum absolute atomic E-state index is 11.9. The van der Waals surface area contributed by atoms with Crippen LogP contribution in [0.15, 0.2) is 30.3 Å². The molecule has 3 N–H and O–H groups in total. The lowest BCUT2D eigenvalue weighted by Gasteiger charge is -2.15. The highest BCUT2D eigenvalue weighted by molar-refractivity contribution is 5.89. The number of alkyl halides is 3. The Morgan fingerprint density at radius 2 is 1.88 bits per heavy atom. The van der Waals surface area contributed by atoms with Gasteiger partial charge in [-0.05, 0) is 12.1 Å². The van der Waals surface area contributed by atoms with Gasteiger partial charge in [0, 0.05) is 5.69 Å². The molecule has 1 aromatic rings. The maximum atomic E-state index is 11.9. The third-order valence-corrected chi connectivity index (χ3v) is 1.87. The molecule has 2 amide bonds. The molecular formula is C10H11F3N2O2. The lowest BCUT2D eigenvalue weighted by Crippen LogP contribution is -2.42. The van der Waals surface area contributed by atoms with Crippen LogP contribution in [-0.2, 0) is 0 Å². The standard InChI is InChI=1S/C10H11F3N2O2/c11-10(12,13)8(16)6-14-9(17)15-7-4-2-1-3-5-7/h1-5,8,16H,6H2,(H2,14,15,17). The highest BCUT2D eigenvalue weighted by atomic mass is 19.4. The van der Waals surface area contributed by atoms with Crippen molar-refractivity contribution in [2.45, 2.75) is 12.3 Å². The molecule has 0 aliphatic carbocycles. The van der Waals surface area contributed by atoms with Crippen molar-refractivity contribution in [1.82, 2.24) is 5.32 Å². The van der Waals surface area contributed by atoms with Crippen molar-refractivity contribution in [3.05, 3.63) is 30.3 Å². The van der Waals surface area contributed by atoms with Crippen LogP contribution in [0.2, 0.25) is 0 Å². The van der Waals surface area contributed by atoms with Crippen LogP contribution in [-0.4, -0.2) is 30.0 Å². The number of halogens is 3. The normalized spacial score (nSPS) is 12.9. The van der Waals surface area contributed by atoms with Gasteiger partial charge in [0.2, 0.25) is 0 Å². The van der Waals surface area contributed by atoms with Gasteiger partial charge in [0.05, 0.1) is 6.54 Å². The molecule has 1 rings (SSSR count). The molecule has 0 saturated heterocycles. The summed E-state index contributed by atoms with van der Waals surface area (Å²) in [5.41, 5.74) is 0.450. The van der Waals surface area contributed by atoms with Crippen molar-refractivity contribution in [1.29, 1.82) is 0 Å². The average molecular weight is 248 g/mol. The zero-order valence-corrected chi connectivity index (χ0v) is 8.66. The van der Waals surface area contributed by atoms with Crippen LogP contribution in [0.5, 0.6) is 0 Å². The van der Waals surface area contributed by atoms with Gasteiger partial charge in [-0.15, -0.1) is 0 Å². The van der Waals surface area contributed by atoms with E-state index in [-0.39, 0.29) is 0 Å². The zero-order chi connectivity index (χ0) is 12.9. The Balaban J connectivity index is 2.36. The van der Waals surface area contributed by atoms with Gasteiger partial charge in [0.25, 0.3) is 0 Å². The molecule has 17 heavy (non-hydrogen) atoms. The van der Waals surface area contributed by atoms with E-state index in [1.165, 1.54) is 0 Å². The summed E-state index contributed by atoms with van der Waals surface area (Å²) in [7, 11) is 0. The van der Waals surface area contributed by atoms with E-state index in [1.54, 1.807) is 30.3 Å². The number of urea groups is 1. The van der Waals surface area contributed by atoms with Crippen LogP contribution in [0.3, 0.4) is 0 Å². The van der Waals surface area contributed by atoms with E-state index in [0.29, 0.717) is 5.69 Å². The van der Waals surface area contributed by atoms with Gasteiger partial charge < -0.3 is 15.7 Å². The van der Waals surface area contributed by atoms with Gasteiger partial charge in [-0.2, -0.15) is 13.2 Å². The van der Waals surface area contributed by atoms with Crippen LogP contribution in [0.1, 0.15) is 0 Å². The quantitative estimate of drug-likeness (QED) is 0.762. The molecule has 4 nitrogen and oxygen atoms in total. The Bertz CT molecular complexity index is 368. The van der Waals surface area contributed by atoms with E-state index < -0.39 is 24.9 Å². The predicted molar refractivity (Wildman–Crippen MR) is 55.5 cm³/mol. The number of para-hydroxylation sites is 1. The summed E-state index contributed by atoms with van der Waals surface area (Å²) < 4.78 is 35.7. The lowest BCUT2D eigenvalue weighted by atomic mass is 10.3. The van der Waals surface area contributed by atoms with Crippen LogP contribution >= 0.6 is 0 Å². The van der Waals surface area contributed by atoms with Gasteiger partial charge in [-0.25, -0.2) is 4.79 Å². The third kappa shape index (κ3) is 4.73. The number of aliphatic hydroxyl groups excluding tert-OH is 1. The summed E-state index contributed by atoms with van der Waals surface area (Å²) in [5.74, 6) is 0. The highest BCUT2D eigenvalue weighted by Crippen LogP contribution is 2.19. The number of hydrogen-bond donors (Lipinski definition) is 3. The molecule has 1 unspecified atom stereocenters. The fraction of sp³-hybridized carbons (Fsp3) is 0.300. The number of carbonyl (C=O) groups is 1. The smallest absolute Gasteiger partial charge is 0.382 e. The summed E-state index contributed by atoms with van der Waals surface area (Å²) in [5, 5.41) is 12.9. The summed E-state index contributed by atoms with van der Waals surface area (Å²) in [4.78, 5) is 11.1. The second-order valence-corrected chi connectivity index (χ2v) is 3.26. The molecule has 0 spiro atoms.